The van der Waals surface area contributed by atoms with Crippen LogP contribution in [-0.2, 0) is 29.4 Å². The Morgan fingerprint density at radius 3 is 2.02 bits per heavy atom. The summed E-state index contributed by atoms with van der Waals surface area (Å²) in [4.78, 5) is 47.9. The number of carbonyl (C=O) groups is 3. The maximum absolute atomic E-state index is 12.8. The molecule has 44 heavy (non-hydrogen) atoms. The van der Waals surface area contributed by atoms with Crippen LogP contribution in [0.4, 0.5) is 14.5 Å². The minimum atomic E-state index is -3.65. The van der Waals surface area contributed by atoms with E-state index in [0.29, 0.717) is 11.1 Å². The molecule has 0 spiro atoms. The molecular formula is C25H23Cl3F2N4O8S2. The molecule has 0 atom stereocenters. The fraction of sp³-hybridized carbons (Fsp3) is 0.320. The highest BCUT2D eigenvalue weighted by Crippen LogP contribution is 2.32. The maximum Gasteiger partial charge on any atom is 0.355 e. The van der Waals surface area contributed by atoms with E-state index in [2.05, 4.69) is 9.82 Å². The molecule has 0 amide bonds. The summed E-state index contributed by atoms with van der Waals surface area (Å²) in [5.41, 5.74) is -1.27. The molecule has 0 aliphatic heterocycles. The molecule has 19 heteroatoms. The predicted octanol–water partition coefficient (Wildman–Crippen LogP) is 4.28. The molecule has 12 nitrogen and oxygen atoms in total. The first kappa shape index (κ1) is 35.3. The van der Waals surface area contributed by atoms with Gasteiger partial charge in [-0.3, -0.25) is 19.1 Å². The van der Waals surface area contributed by atoms with E-state index in [9.17, 15) is 44.8 Å². The lowest BCUT2D eigenvalue weighted by atomic mass is 9.82. The van der Waals surface area contributed by atoms with E-state index < -0.39 is 55.4 Å². The Kier molecular flexibility index (Phi) is 10.8. The number of carbonyl (C=O) groups excluding carboxylic acids is 3. The zero-order chi connectivity index (χ0) is 33.3. The zero-order valence-corrected chi connectivity index (χ0v) is 26.9. The summed E-state index contributed by atoms with van der Waals surface area (Å²) in [5, 5.41) is 3.55. The third-order valence-corrected chi connectivity index (χ3v) is 8.75. The normalized spacial score (nSPS) is 14.4. The number of nitrogens with one attached hydrogen (secondary N) is 1. The topological polar surface area (TPSA) is 171 Å². The molecule has 2 aromatic carbocycles. The number of aryl methyl sites for hydroxylation is 1. The summed E-state index contributed by atoms with van der Waals surface area (Å²) in [6.45, 7) is -1.85. The van der Waals surface area contributed by atoms with Crippen LogP contribution >= 0.6 is 34.8 Å². The van der Waals surface area contributed by atoms with Crippen LogP contribution in [0.5, 0.6) is 0 Å². The van der Waals surface area contributed by atoms with Crippen LogP contribution in [0.25, 0.3) is 5.69 Å². The van der Waals surface area contributed by atoms with Crippen molar-refractivity contribution < 1.29 is 40.0 Å². The first-order valence-electron chi connectivity index (χ1n) is 12.3. The van der Waals surface area contributed by atoms with Crippen molar-refractivity contribution in [3.63, 3.8) is 0 Å². The Morgan fingerprint density at radius 1 is 0.955 bits per heavy atom. The molecule has 4 rings (SSSR count). The lowest BCUT2D eigenvalue weighted by Crippen LogP contribution is -2.35. The number of anilines is 1. The molecule has 0 radical (unpaired) electrons. The monoisotopic (exact) mass is 714 g/mol. The smallest absolute Gasteiger partial charge is 0.298 e. The van der Waals surface area contributed by atoms with Gasteiger partial charge in [0.05, 0.1) is 37.6 Å². The van der Waals surface area contributed by atoms with Gasteiger partial charge in [0.2, 0.25) is 10.0 Å². The van der Waals surface area contributed by atoms with Gasteiger partial charge in [-0.1, -0.05) is 34.8 Å². The number of hydrogen-bond donors (Lipinski definition) is 1. The van der Waals surface area contributed by atoms with Crippen LogP contribution in [-0.4, -0.2) is 61.0 Å². The number of hydrogen-bond acceptors (Lipinski definition) is 9. The van der Waals surface area contributed by atoms with Crippen molar-refractivity contribution in [3.8, 4) is 5.69 Å². The van der Waals surface area contributed by atoms with Crippen molar-refractivity contribution >= 4 is 77.7 Å². The summed E-state index contributed by atoms with van der Waals surface area (Å²) < 4.78 is 74.1. The van der Waals surface area contributed by atoms with Gasteiger partial charge in [0.25, 0.3) is 0 Å². The van der Waals surface area contributed by atoms with Crippen LogP contribution in [0, 0.1) is 12.8 Å². The third-order valence-electron chi connectivity index (χ3n) is 6.12. The second-order valence-electron chi connectivity index (χ2n) is 9.54. The second kappa shape index (κ2) is 13.4. The number of alkyl halides is 2. The molecule has 1 aromatic heterocycles. The number of ketones is 3. The Hall–Kier alpha value is -3.18. The van der Waals surface area contributed by atoms with Crippen molar-refractivity contribution in [1.82, 2.24) is 14.3 Å². The van der Waals surface area contributed by atoms with Crippen LogP contribution in [0.3, 0.4) is 0 Å². The van der Waals surface area contributed by atoms with E-state index in [1.54, 1.807) is 0 Å². The van der Waals surface area contributed by atoms with E-state index in [1.807, 2.05) is 0 Å². The number of benzene rings is 2. The Balaban J connectivity index is 0.000000241. The molecule has 238 valence electrons. The molecule has 1 N–H and O–H groups in total. The number of rotatable bonds is 7. The molecule has 3 aromatic rings. The lowest BCUT2D eigenvalue weighted by molar-refractivity contribution is -0.133. The number of sulfone groups is 1. The van der Waals surface area contributed by atoms with E-state index in [-0.39, 0.29) is 60.1 Å². The summed E-state index contributed by atoms with van der Waals surface area (Å²) >= 11 is 17.8. The first-order valence-corrected chi connectivity index (χ1v) is 17.2. The van der Waals surface area contributed by atoms with E-state index in [0.717, 1.165) is 24.6 Å². The molecule has 1 aliphatic rings. The summed E-state index contributed by atoms with van der Waals surface area (Å²) in [7, 11) is -7.09. The molecular weight excluding hydrogens is 693 g/mol. The van der Waals surface area contributed by atoms with Gasteiger partial charge in [-0.15, -0.1) is 5.10 Å². The molecule has 1 heterocycles. The van der Waals surface area contributed by atoms with Gasteiger partial charge in [-0.2, -0.15) is 13.5 Å². The number of sulfonamides is 1. The highest BCUT2D eigenvalue weighted by molar-refractivity contribution is 7.92. The zero-order valence-electron chi connectivity index (χ0n) is 23.0. The lowest BCUT2D eigenvalue weighted by Gasteiger charge is -2.18. The number of aromatic nitrogens is 3. The average molecular weight is 716 g/mol. The maximum atomic E-state index is 12.8. The average Bonchev–Trinajstić information content (AvgIpc) is 3.18. The highest BCUT2D eigenvalue weighted by atomic mass is 35.5. The van der Waals surface area contributed by atoms with Crippen molar-refractivity contribution in [1.29, 1.82) is 0 Å². The quantitative estimate of drug-likeness (QED) is 0.277. The van der Waals surface area contributed by atoms with Crippen molar-refractivity contribution in [2.45, 2.75) is 37.6 Å². The predicted molar refractivity (Wildman–Crippen MR) is 159 cm³/mol. The van der Waals surface area contributed by atoms with Gasteiger partial charge in [0, 0.05) is 24.7 Å². The summed E-state index contributed by atoms with van der Waals surface area (Å²) in [6, 6.07) is 5.95. The Bertz CT molecular complexity index is 1930. The van der Waals surface area contributed by atoms with Crippen molar-refractivity contribution in [2.24, 2.45) is 5.92 Å². The number of Topliss-reactive ketones (excluding diaryl/α,β-unsaturated/α-hetero) is 3. The summed E-state index contributed by atoms with van der Waals surface area (Å²) in [6.07, 6.45) is 2.78. The Labute approximate surface area is 264 Å². The van der Waals surface area contributed by atoms with E-state index in [4.69, 9.17) is 34.8 Å². The minimum absolute atomic E-state index is 0.00216. The second-order valence-corrected chi connectivity index (χ2v) is 14.5. The van der Waals surface area contributed by atoms with Crippen LogP contribution in [0.1, 0.15) is 42.0 Å². The fourth-order valence-corrected chi connectivity index (χ4v) is 6.24. The standard InChI is InChI=1S/C14H13ClO5S.C11H10Cl2F2N4O3S/c1-21(19,20)8-5-6-9(10(15)7-8)14(18)13-11(16)3-2-4-12(13)17;1-5-16-19(11(20)18(5)10(14)15)9-4-8(17-23(2,21)22)6(12)3-7(9)13/h5-7,13H,2-4H2,1H3;3-4,10,17H,1-2H3. The van der Waals surface area contributed by atoms with E-state index >= 15 is 0 Å². The number of nitrogens with zero attached hydrogens (tertiary/aromatic N) is 3. The van der Waals surface area contributed by atoms with Crippen molar-refractivity contribution in [3.05, 3.63) is 67.3 Å². The molecule has 1 saturated carbocycles. The largest absolute Gasteiger partial charge is 0.355 e. The van der Waals surface area contributed by atoms with Gasteiger partial charge in [-0.05, 0) is 43.7 Å². The van der Waals surface area contributed by atoms with Crippen LogP contribution in [0.2, 0.25) is 15.1 Å². The van der Waals surface area contributed by atoms with Crippen LogP contribution < -0.4 is 10.4 Å². The SMILES string of the molecule is CS(=O)(=O)c1ccc(C(=O)C2C(=O)CCCC2=O)c(Cl)c1.Cc1nn(-c2cc(NS(C)(=O)=O)c(Cl)cc2Cl)c(=O)n1C(F)F. The van der Waals surface area contributed by atoms with Gasteiger partial charge in [0.1, 0.15) is 11.7 Å². The van der Waals surface area contributed by atoms with Gasteiger partial charge in [0.15, 0.2) is 27.2 Å². The van der Waals surface area contributed by atoms with Gasteiger partial charge >= 0.3 is 12.2 Å². The summed E-state index contributed by atoms with van der Waals surface area (Å²) in [5.74, 6) is -3.00. The highest BCUT2D eigenvalue weighted by Gasteiger charge is 2.37. The van der Waals surface area contributed by atoms with Crippen molar-refractivity contribution in [2.75, 3.05) is 17.2 Å². The number of halogens is 5. The third kappa shape index (κ3) is 8.10. The van der Waals surface area contributed by atoms with Gasteiger partial charge < -0.3 is 0 Å². The molecule has 1 aliphatic carbocycles. The molecule has 0 bridgehead atoms. The van der Waals surface area contributed by atoms with Crippen LogP contribution in [0.15, 0.2) is 40.0 Å². The Morgan fingerprint density at radius 2 is 1.55 bits per heavy atom. The first-order chi connectivity index (χ1) is 20.2. The van der Waals surface area contributed by atoms with Gasteiger partial charge in [-0.25, -0.2) is 26.2 Å². The molecule has 0 unspecified atom stereocenters. The van der Waals surface area contributed by atoms with E-state index in [1.165, 1.54) is 25.1 Å². The fourth-order valence-electron chi connectivity index (χ4n) is 4.11. The molecule has 0 saturated heterocycles. The minimum Gasteiger partial charge on any atom is -0.298 e. The molecule has 1 fully saturated rings.